The number of hydrogen-bond acceptors (Lipinski definition) is 4. The first kappa shape index (κ1) is 14.6. The SMILES string of the molecule is O=c1c2cnn(-c3ccccc3Cl)c2ncn1Cc1ccccn1. The van der Waals surface area contributed by atoms with E-state index in [1.807, 2.05) is 36.4 Å². The van der Waals surface area contributed by atoms with Gasteiger partial charge in [-0.15, -0.1) is 0 Å². The Labute approximate surface area is 142 Å². The van der Waals surface area contributed by atoms with Gasteiger partial charge in [-0.05, 0) is 24.3 Å². The Bertz CT molecular complexity index is 1070. The molecule has 7 heteroatoms. The molecule has 0 unspecified atom stereocenters. The molecule has 3 aromatic heterocycles. The molecule has 0 aliphatic rings. The zero-order chi connectivity index (χ0) is 16.5. The molecule has 0 aliphatic heterocycles. The third kappa shape index (κ3) is 2.47. The van der Waals surface area contributed by atoms with Gasteiger partial charge in [0.25, 0.3) is 5.56 Å². The predicted octanol–water partition coefficient (Wildman–Crippen LogP) is 2.68. The van der Waals surface area contributed by atoms with Gasteiger partial charge in [-0.3, -0.25) is 14.3 Å². The van der Waals surface area contributed by atoms with Gasteiger partial charge in [0.15, 0.2) is 5.65 Å². The minimum absolute atomic E-state index is 0.163. The Morgan fingerprint density at radius 2 is 1.88 bits per heavy atom. The molecule has 4 rings (SSSR count). The third-order valence-electron chi connectivity index (χ3n) is 3.69. The van der Waals surface area contributed by atoms with Gasteiger partial charge in [0.05, 0.1) is 29.1 Å². The number of benzene rings is 1. The summed E-state index contributed by atoms with van der Waals surface area (Å²) in [6.45, 7) is 0.361. The Kier molecular flexibility index (Phi) is 3.59. The average Bonchev–Trinajstić information content (AvgIpc) is 3.03. The second-order valence-electron chi connectivity index (χ2n) is 5.24. The normalized spacial score (nSPS) is 11.0. The zero-order valence-corrected chi connectivity index (χ0v) is 13.3. The Hall–Kier alpha value is -2.99. The molecule has 0 bridgehead atoms. The summed E-state index contributed by atoms with van der Waals surface area (Å²) in [5.41, 5.74) is 1.79. The van der Waals surface area contributed by atoms with Crippen molar-refractivity contribution in [3.05, 3.63) is 82.3 Å². The number of hydrogen-bond donors (Lipinski definition) is 0. The Morgan fingerprint density at radius 3 is 2.67 bits per heavy atom. The van der Waals surface area contributed by atoms with Crippen molar-refractivity contribution in [3.63, 3.8) is 0 Å². The summed E-state index contributed by atoms with van der Waals surface area (Å²) in [6, 6.07) is 12.9. The lowest BCUT2D eigenvalue weighted by atomic mass is 10.3. The molecule has 0 fully saturated rings. The van der Waals surface area contributed by atoms with Crippen LogP contribution in [-0.2, 0) is 6.54 Å². The van der Waals surface area contributed by atoms with Gasteiger partial charge in [-0.1, -0.05) is 29.8 Å². The molecule has 0 saturated heterocycles. The van der Waals surface area contributed by atoms with Crippen LogP contribution in [0.25, 0.3) is 16.7 Å². The number of nitrogens with zero attached hydrogens (tertiary/aromatic N) is 5. The highest BCUT2D eigenvalue weighted by Gasteiger charge is 2.13. The van der Waals surface area contributed by atoms with E-state index in [1.165, 1.54) is 17.1 Å². The summed E-state index contributed by atoms with van der Waals surface area (Å²) < 4.78 is 3.09. The first-order valence-corrected chi connectivity index (χ1v) is 7.70. The van der Waals surface area contributed by atoms with Gasteiger partial charge in [-0.2, -0.15) is 5.10 Å². The molecule has 0 N–H and O–H groups in total. The molecule has 0 saturated carbocycles. The minimum atomic E-state index is -0.163. The third-order valence-corrected chi connectivity index (χ3v) is 4.01. The van der Waals surface area contributed by atoms with Crippen LogP contribution >= 0.6 is 11.6 Å². The van der Waals surface area contributed by atoms with Crippen molar-refractivity contribution in [3.8, 4) is 5.69 Å². The van der Waals surface area contributed by atoms with Crippen LogP contribution in [0.5, 0.6) is 0 Å². The van der Waals surface area contributed by atoms with Gasteiger partial charge in [0, 0.05) is 6.20 Å². The van der Waals surface area contributed by atoms with Crippen LogP contribution in [0, 0.1) is 0 Å². The van der Waals surface area contributed by atoms with E-state index < -0.39 is 0 Å². The summed E-state index contributed by atoms with van der Waals surface area (Å²) in [6.07, 6.45) is 4.72. The van der Waals surface area contributed by atoms with Crippen molar-refractivity contribution in [1.82, 2.24) is 24.3 Å². The fourth-order valence-corrected chi connectivity index (χ4v) is 2.74. The monoisotopic (exact) mass is 337 g/mol. The van der Waals surface area contributed by atoms with Crippen LogP contribution in [0.3, 0.4) is 0 Å². The maximum atomic E-state index is 12.7. The highest BCUT2D eigenvalue weighted by Crippen LogP contribution is 2.21. The highest BCUT2D eigenvalue weighted by atomic mass is 35.5. The van der Waals surface area contributed by atoms with E-state index >= 15 is 0 Å². The molecule has 6 nitrogen and oxygen atoms in total. The minimum Gasteiger partial charge on any atom is -0.292 e. The lowest BCUT2D eigenvalue weighted by Gasteiger charge is -2.07. The quantitative estimate of drug-likeness (QED) is 0.576. The van der Waals surface area contributed by atoms with Crippen LogP contribution in [0.15, 0.2) is 66.0 Å². The predicted molar refractivity (Wildman–Crippen MR) is 91.5 cm³/mol. The molecule has 0 aliphatic carbocycles. The highest BCUT2D eigenvalue weighted by molar-refractivity contribution is 6.32. The van der Waals surface area contributed by atoms with Crippen molar-refractivity contribution < 1.29 is 0 Å². The second-order valence-corrected chi connectivity index (χ2v) is 5.65. The Balaban J connectivity index is 1.82. The van der Waals surface area contributed by atoms with Crippen LogP contribution in [0.4, 0.5) is 0 Å². The molecule has 3 heterocycles. The van der Waals surface area contributed by atoms with Crippen LogP contribution < -0.4 is 5.56 Å². The molecule has 118 valence electrons. The lowest BCUT2D eigenvalue weighted by molar-refractivity contribution is 0.727. The van der Waals surface area contributed by atoms with E-state index in [0.29, 0.717) is 28.3 Å². The molecule has 0 spiro atoms. The van der Waals surface area contributed by atoms with Crippen LogP contribution in [0.2, 0.25) is 5.02 Å². The van der Waals surface area contributed by atoms with Crippen molar-refractivity contribution in [1.29, 1.82) is 0 Å². The topological polar surface area (TPSA) is 65.6 Å². The van der Waals surface area contributed by atoms with Crippen molar-refractivity contribution in [2.45, 2.75) is 6.54 Å². The molecule has 24 heavy (non-hydrogen) atoms. The van der Waals surface area contributed by atoms with Gasteiger partial charge in [0.1, 0.15) is 11.7 Å². The summed E-state index contributed by atoms with van der Waals surface area (Å²) in [7, 11) is 0. The fourth-order valence-electron chi connectivity index (χ4n) is 2.53. The molecule has 0 radical (unpaired) electrons. The smallest absolute Gasteiger partial charge is 0.264 e. The summed E-state index contributed by atoms with van der Waals surface area (Å²) >= 11 is 6.21. The Morgan fingerprint density at radius 1 is 1.04 bits per heavy atom. The summed E-state index contributed by atoms with van der Waals surface area (Å²) in [4.78, 5) is 21.3. The van der Waals surface area contributed by atoms with E-state index in [-0.39, 0.29) is 5.56 Å². The molecular weight excluding hydrogens is 326 g/mol. The first-order valence-electron chi connectivity index (χ1n) is 7.32. The number of para-hydroxylation sites is 1. The van der Waals surface area contributed by atoms with Crippen molar-refractivity contribution in [2.24, 2.45) is 0 Å². The second kappa shape index (κ2) is 5.90. The van der Waals surface area contributed by atoms with Crippen molar-refractivity contribution >= 4 is 22.6 Å². The number of fused-ring (bicyclic) bond motifs is 1. The van der Waals surface area contributed by atoms with E-state index in [1.54, 1.807) is 16.9 Å². The van der Waals surface area contributed by atoms with E-state index in [0.717, 1.165) is 5.69 Å². The van der Waals surface area contributed by atoms with Gasteiger partial charge in [0.2, 0.25) is 0 Å². The maximum absolute atomic E-state index is 12.7. The number of aromatic nitrogens is 5. The van der Waals surface area contributed by atoms with E-state index in [2.05, 4.69) is 15.1 Å². The number of halogens is 1. The maximum Gasteiger partial charge on any atom is 0.264 e. The summed E-state index contributed by atoms with van der Waals surface area (Å²) in [5.74, 6) is 0. The summed E-state index contributed by atoms with van der Waals surface area (Å²) in [5, 5.41) is 5.26. The fraction of sp³-hybridized carbons (Fsp3) is 0.0588. The molecule has 1 aromatic carbocycles. The molecule has 0 amide bonds. The number of pyridine rings is 1. The van der Waals surface area contributed by atoms with Crippen LogP contribution in [0.1, 0.15) is 5.69 Å². The standard InChI is InChI=1S/C17H12ClN5O/c18-14-6-1-2-7-15(14)23-16-13(9-21-23)17(24)22(11-20-16)10-12-5-3-4-8-19-12/h1-9,11H,10H2. The lowest BCUT2D eigenvalue weighted by Crippen LogP contribution is -2.21. The van der Waals surface area contributed by atoms with Gasteiger partial charge >= 0.3 is 0 Å². The first-order chi connectivity index (χ1) is 11.7. The largest absolute Gasteiger partial charge is 0.292 e. The van der Waals surface area contributed by atoms with Gasteiger partial charge in [-0.25, -0.2) is 9.67 Å². The van der Waals surface area contributed by atoms with Crippen molar-refractivity contribution in [2.75, 3.05) is 0 Å². The molecule has 0 atom stereocenters. The van der Waals surface area contributed by atoms with E-state index in [4.69, 9.17) is 11.6 Å². The van der Waals surface area contributed by atoms with Crippen LogP contribution in [-0.4, -0.2) is 24.3 Å². The van der Waals surface area contributed by atoms with E-state index in [9.17, 15) is 4.79 Å². The average molecular weight is 338 g/mol. The molecular formula is C17H12ClN5O. The zero-order valence-electron chi connectivity index (χ0n) is 12.5. The molecule has 4 aromatic rings. The number of rotatable bonds is 3. The van der Waals surface area contributed by atoms with Gasteiger partial charge < -0.3 is 0 Å².